The summed E-state index contributed by atoms with van der Waals surface area (Å²) in [6, 6.07) is 5.09. The summed E-state index contributed by atoms with van der Waals surface area (Å²) >= 11 is 5.79. The number of nitrogens with one attached hydrogen (secondary N) is 1. The van der Waals surface area contributed by atoms with Crippen molar-refractivity contribution in [1.29, 1.82) is 0 Å². The van der Waals surface area contributed by atoms with Gasteiger partial charge in [-0.25, -0.2) is 4.39 Å². The van der Waals surface area contributed by atoms with Gasteiger partial charge in [0.15, 0.2) is 0 Å². The molecule has 90 valence electrons. The minimum Gasteiger partial charge on any atom is -0.316 e. The van der Waals surface area contributed by atoms with Crippen LogP contribution in [0.3, 0.4) is 0 Å². The van der Waals surface area contributed by atoms with Crippen molar-refractivity contribution in [2.45, 2.75) is 19.3 Å². The Morgan fingerprint density at radius 1 is 1.44 bits per heavy atom. The fourth-order valence-electron chi connectivity index (χ4n) is 2.25. The third kappa shape index (κ3) is 2.88. The second-order valence-corrected chi connectivity index (χ2v) is 4.66. The van der Waals surface area contributed by atoms with Gasteiger partial charge < -0.3 is 5.32 Å². The van der Waals surface area contributed by atoms with Crippen molar-refractivity contribution in [3.05, 3.63) is 34.6 Å². The van der Waals surface area contributed by atoms with E-state index in [1.165, 1.54) is 6.07 Å². The Morgan fingerprint density at radius 3 is 2.81 bits per heavy atom. The first-order valence-electron chi connectivity index (χ1n) is 5.34. The van der Waals surface area contributed by atoms with Gasteiger partial charge in [0.05, 0.1) is 5.02 Å². The molecule has 0 aliphatic carbocycles. The van der Waals surface area contributed by atoms with E-state index in [1.807, 2.05) is 6.07 Å². The summed E-state index contributed by atoms with van der Waals surface area (Å²) in [5.74, 6) is 0.756. The molecule has 0 radical (unpaired) electrons. The zero-order valence-electron chi connectivity index (χ0n) is 9.17. The summed E-state index contributed by atoms with van der Waals surface area (Å²) in [5.41, 5.74) is 1.16. The average molecular weight is 264 g/mol. The van der Waals surface area contributed by atoms with E-state index in [2.05, 4.69) is 12.2 Å². The Kier molecular flexibility index (Phi) is 5.03. The Balaban J connectivity index is 0.00000128. The Bertz CT molecular complexity index is 357. The van der Waals surface area contributed by atoms with E-state index in [0.717, 1.165) is 25.1 Å². The number of benzene rings is 1. The number of hydrogen-bond donors (Lipinski definition) is 1. The predicted molar refractivity (Wildman–Crippen MR) is 68.0 cm³/mol. The molecule has 16 heavy (non-hydrogen) atoms. The van der Waals surface area contributed by atoms with E-state index in [0.29, 0.717) is 11.8 Å². The maximum absolute atomic E-state index is 13.0. The van der Waals surface area contributed by atoms with Crippen LogP contribution in [-0.4, -0.2) is 13.1 Å². The molecule has 0 spiro atoms. The first kappa shape index (κ1) is 13.8. The summed E-state index contributed by atoms with van der Waals surface area (Å²) in [4.78, 5) is 0. The highest BCUT2D eigenvalue weighted by molar-refractivity contribution is 6.30. The molecule has 0 amide bonds. The highest BCUT2D eigenvalue weighted by atomic mass is 35.5. The molecule has 1 heterocycles. The Hall–Kier alpha value is -0.310. The van der Waals surface area contributed by atoms with Gasteiger partial charge in [0.1, 0.15) is 5.82 Å². The molecular weight excluding hydrogens is 248 g/mol. The first-order chi connectivity index (χ1) is 7.18. The lowest BCUT2D eigenvalue weighted by Gasteiger charge is -2.30. The van der Waals surface area contributed by atoms with Crippen molar-refractivity contribution < 1.29 is 4.39 Å². The minimum atomic E-state index is -0.331. The van der Waals surface area contributed by atoms with E-state index in [-0.39, 0.29) is 23.2 Å². The third-order valence-electron chi connectivity index (χ3n) is 3.16. The van der Waals surface area contributed by atoms with Gasteiger partial charge in [-0.15, -0.1) is 12.4 Å². The van der Waals surface area contributed by atoms with Gasteiger partial charge >= 0.3 is 0 Å². The number of hydrogen-bond acceptors (Lipinski definition) is 1. The van der Waals surface area contributed by atoms with Gasteiger partial charge in [0.2, 0.25) is 0 Å². The van der Waals surface area contributed by atoms with E-state index in [4.69, 9.17) is 11.6 Å². The van der Waals surface area contributed by atoms with E-state index < -0.39 is 0 Å². The summed E-state index contributed by atoms with van der Waals surface area (Å²) in [5, 5.41) is 3.59. The summed E-state index contributed by atoms with van der Waals surface area (Å²) in [6.45, 7) is 4.28. The molecule has 1 N–H and O–H groups in total. The van der Waals surface area contributed by atoms with Crippen LogP contribution in [0.4, 0.5) is 4.39 Å². The Morgan fingerprint density at radius 2 is 2.19 bits per heavy atom. The van der Waals surface area contributed by atoms with Gasteiger partial charge in [-0.2, -0.15) is 0 Å². The van der Waals surface area contributed by atoms with Crippen molar-refractivity contribution in [3.63, 3.8) is 0 Å². The van der Waals surface area contributed by atoms with Crippen LogP contribution in [0.15, 0.2) is 18.2 Å². The van der Waals surface area contributed by atoms with Crippen LogP contribution in [-0.2, 0) is 0 Å². The van der Waals surface area contributed by atoms with Gasteiger partial charge in [0.25, 0.3) is 0 Å². The molecule has 0 aromatic heterocycles. The van der Waals surface area contributed by atoms with Crippen LogP contribution in [0.25, 0.3) is 0 Å². The molecule has 1 nitrogen and oxygen atoms in total. The number of halogens is 3. The van der Waals surface area contributed by atoms with Crippen LogP contribution in [0, 0.1) is 11.7 Å². The van der Waals surface area contributed by atoms with Crippen molar-refractivity contribution in [2.24, 2.45) is 5.92 Å². The van der Waals surface area contributed by atoms with Crippen LogP contribution in [0.2, 0.25) is 5.02 Å². The van der Waals surface area contributed by atoms with Crippen molar-refractivity contribution >= 4 is 24.0 Å². The van der Waals surface area contributed by atoms with Gasteiger partial charge in [0, 0.05) is 0 Å². The molecule has 1 aliphatic rings. The van der Waals surface area contributed by atoms with Crippen LogP contribution in [0.1, 0.15) is 24.8 Å². The molecule has 1 aromatic rings. The standard InChI is InChI=1S/C12H15ClFN.ClH/c1-8-7-15-5-4-10(8)9-2-3-12(14)11(13)6-9;/h2-3,6,8,10,15H,4-5,7H2,1H3;1H/t8-,10+;/m1./s1. The average Bonchev–Trinajstić information content (AvgIpc) is 2.23. The monoisotopic (exact) mass is 263 g/mol. The van der Waals surface area contributed by atoms with Crippen LogP contribution < -0.4 is 5.32 Å². The normalized spacial score (nSPS) is 24.9. The van der Waals surface area contributed by atoms with Gasteiger partial charge in [-0.1, -0.05) is 24.6 Å². The lowest BCUT2D eigenvalue weighted by molar-refractivity contribution is 0.349. The lowest BCUT2D eigenvalue weighted by Crippen LogP contribution is -2.33. The molecule has 2 rings (SSSR count). The van der Waals surface area contributed by atoms with Crippen molar-refractivity contribution in [1.82, 2.24) is 5.32 Å². The van der Waals surface area contributed by atoms with Crippen LogP contribution in [0.5, 0.6) is 0 Å². The van der Waals surface area contributed by atoms with Crippen molar-refractivity contribution in [2.75, 3.05) is 13.1 Å². The van der Waals surface area contributed by atoms with Gasteiger partial charge in [-0.05, 0) is 49.0 Å². The topological polar surface area (TPSA) is 12.0 Å². The molecule has 0 unspecified atom stereocenters. The SMILES string of the molecule is C[C@@H]1CNCC[C@@H]1c1ccc(F)c(Cl)c1.Cl. The minimum absolute atomic E-state index is 0. The second-order valence-electron chi connectivity index (χ2n) is 4.25. The summed E-state index contributed by atoms with van der Waals surface area (Å²) in [6.07, 6.45) is 1.10. The summed E-state index contributed by atoms with van der Waals surface area (Å²) in [7, 11) is 0. The molecule has 0 saturated carbocycles. The predicted octanol–water partition coefficient (Wildman–Crippen LogP) is 3.61. The molecule has 1 aromatic carbocycles. The maximum atomic E-state index is 13.0. The van der Waals surface area contributed by atoms with Crippen molar-refractivity contribution in [3.8, 4) is 0 Å². The first-order valence-corrected chi connectivity index (χ1v) is 5.72. The molecule has 1 aliphatic heterocycles. The molecular formula is C12H16Cl2FN. The quantitative estimate of drug-likeness (QED) is 0.817. The maximum Gasteiger partial charge on any atom is 0.141 e. The zero-order chi connectivity index (χ0) is 10.8. The molecule has 4 heteroatoms. The van der Waals surface area contributed by atoms with E-state index >= 15 is 0 Å². The Labute approximate surface area is 107 Å². The lowest BCUT2D eigenvalue weighted by atomic mass is 9.82. The van der Waals surface area contributed by atoms with Crippen LogP contribution >= 0.6 is 24.0 Å². The smallest absolute Gasteiger partial charge is 0.141 e. The number of rotatable bonds is 1. The van der Waals surface area contributed by atoms with E-state index in [9.17, 15) is 4.39 Å². The molecule has 1 fully saturated rings. The summed E-state index contributed by atoms with van der Waals surface area (Å²) < 4.78 is 13.0. The van der Waals surface area contributed by atoms with Gasteiger partial charge in [-0.3, -0.25) is 0 Å². The number of piperidine rings is 1. The second kappa shape index (κ2) is 5.85. The molecule has 0 bridgehead atoms. The molecule has 2 atom stereocenters. The highest BCUT2D eigenvalue weighted by Crippen LogP contribution is 2.31. The highest BCUT2D eigenvalue weighted by Gasteiger charge is 2.22. The fraction of sp³-hybridized carbons (Fsp3) is 0.500. The van der Waals surface area contributed by atoms with E-state index in [1.54, 1.807) is 6.07 Å². The largest absolute Gasteiger partial charge is 0.316 e. The third-order valence-corrected chi connectivity index (χ3v) is 3.45. The fourth-order valence-corrected chi connectivity index (χ4v) is 2.44. The molecule has 1 saturated heterocycles. The zero-order valence-corrected chi connectivity index (χ0v) is 10.7.